The van der Waals surface area contributed by atoms with Crippen LogP contribution in [0.2, 0.25) is 0 Å². The fraction of sp³-hybridized carbons (Fsp3) is 0.250. The first-order valence-corrected chi connectivity index (χ1v) is 5.21. The Hall–Kier alpha value is -2.55. The van der Waals surface area contributed by atoms with E-state index in [1.807, 2.05) is 0 Å². The van der Waals surface area contributed by atoms with Gasteiger partial charge in [-0.15, -0.1) is 6.42 Å². The number of nitrogens with one attached hydrogen (secondary N) is 2. The molecule has 18 heavy (non-hydrogen) atoms. The molecule has 1 aromatic rings. The highest BCUT2D eigenvalue weighted by molar-refractivity contribution is 5.89. The molecule has 0 aliphatic heterocycles. The predicted octanol–water partition coefficient (Wildman–Crippen LogP) is 0.852. The first-order valence-electron chi connectivity index (χ1n) is 5.21. The molecule has 0 saturated carbocycles. The third-order valence-electron chi connectivity index (χ3n) is 2.01. The second-order valence-electron chi connectivity index (χ2n) is 3.60. The fourth-order valence-electron chi connectivity index (χ4n) is 1.16. The summed E-state index contributed by atoms with van der Waals surface area (Å²) in [6, 6.07) is 2.30. The van der Waals surface area contributed by atoms with E-state index in [1.165, 1.54) is 12.3 Å². The number of rotatable bonds is 4. The van der Waals surface area contributed by atoms with Crippen LogP contribution < -0.4 is 10.6 Å². The predicted molar refractivity (Wildman–Crippen MR) is 66.0 cm³/mol. The number of aliphatic carboxylic acids is 1. The van der Waals surface area contributed by atoms with Crippen LogP contribution in [0.1, 0.15) is 12.6 Å². The van der Waals surface area contributed by atoms with E-state index in [0.717, 1.165) is 0 Å². The summed E-state index contributed by atoms with van der Waals surface area (Å²) in [5, 5.41) is 13.6. The second-order valence-corrected chi connectivity index (χ2v) is 3.60. The number of hydrogen-bond acceptors (Lipinski definition) is 3. The third-order valence-corrected chi connectivity index (χ3v) is 2.01. The Kier molecular flexibility index (Phi) is 4.69. The van der Waals surface area contributed by atoms with Gasteiger partial charge in [0.15, 0.2) is 0 Å². The van der Waals surface area contributed by atoms with Crippen LogP contribution in [0.4, 0.5) is 10.5 Å². The quantitative estimate of drug-likeness (QED) is 0.688. The fourth-order valence-corrected chi connectivity index (χ4v) is 1.16. The molecule has 1 unspecified atom stereocenters. The molecule has 3 N–H and O–H groups in total. The van der Waals surface area contributed by atoms with E-state index < -0.39 is 12.0 Å². The Morgan fingerprint density at radius 3 is 2.78 bits per heavy atom. The van der Waals surface area contributed by atoms with Crippen LogP contribution in [0.15, 0.2) is 18.3 Å². The van der Waals surface area contributed by atoms with E-state index in [1.54, 1.807) is 13.0 Å². The van der Waals surface area contributed by atoms with E-state index in [9.17, 15) is 9.59 Å². The number of aromatic nitrogens is 1. The van der Waals surface area contributed by atoms with Gasteiger partial charge in [0.05, 0.1) is 30.0 Å². The Morgan fingerprint density at radius 1 is 1.56 bits per heavy atom. The van der Waals surface area contributed by atoms with Gasteiger partial charge in [-0.25, -0.2) is 4.79 Å². The number of carbonyl (C=O) groups excluding carboxylic acids is 1. The zero-order chi connectivity index (χ0) is 13.5. The highest BCUT2D eigenvalue weighted by atomic mass is 16.4. The van der Waals surface area contributed by atoms with Crippen LogP contribution >= 0.6 is 0 Å². The molecule has 1 rings (SSSR count). The lowest BCUT2D eigenvalue weighted by Crippen LogP contribution is -2.35. The summed E-state index contributed by atoms with van der Waals surface area (Å²) in [5.74, 6) is 1.40. The average molecular weight is 247 g/mol. The minimum absolute atomic E-state index is 0.152. The number of hydrogen-bond donors (Lipinski definition) is 3. The molecule has 1 atom stereocenters. The summed E-state index contributed by atoms with van der Waals surface area (Å²) in [6.45, 7) is 1.67. The van der Waals surface area contributed by atoms with Crippen molar-refractivity contribution >= 4 is 17.7 Å². The monoisotopic (exact) mass is 247 g/mol. The summed E-state index contributed by atoms with van der Waals surface area (Å²) >= 11 is 0. The van der Waals surface area contributed by atoms with Gasteiger partial charge >= 0.3 is 12.0 Å². The average Bonchev–Trinajstić information content (AvgIpc) is 2.30. The molecular formula is C12H13N3O3. The molecule has 94 valence electrons. The lowest BCUT2D eigenvalue weighted by molar-refractivity contribution is -0.136. The number of pyridine rings is 1. The third kappa shape index (κ3) is 4.53. The molecule has 0 spiro atoms. The van der Waals surface area contributed by atoms with Crippen molar-refractivity contribution in [3.8, 4) is 12.3 Å². The number of urea groups is 1. The summed E-state index contributed by atoms with van der Waals surface area (Å²) < 4.78 is 0. The number of carbonyl (C=O) groups is 2. The van der Waals surface area contributed by atoms with Gasteiger partial charge in [-0.2, -0.15) is 0 Å². The van der Waals surface area contributed by atoms with E-state index in [-0.39, 0.29) is 12.5 Å². The maximum Gasteiger partial charge on any atom is 0.320 e. The normalized spacial score (nSPS) is 11.1. The molecule has 0 aromatic carbocycles. The van der Waals surface area contributed by atoms with Crippen LogP contribution in [0.3, 0.4) is 0 Å². The number of anilines is 1. The van der Waals surface area contributed by atoms with Crippen molar-refractivity contribution in [3.05, 3.63) is 24.0 Å². The first kappa shape index (κ1) is 13.5. The summed E-state index contributed by atoms with van der Waals surface area (Å²) in [7, 11) is 0. The lowest BCUT2D eigenvalue weighted by atomic mass is 10.2. The van der Waals surface area contributed by atoms with Gasteiger partial charge in [0.25, 0.3) is 0 Å². The van der Waals surface area contributed by atoms with Gasteiger partial charge in [-0.3, -0.25) is 9.78 Å². The van der Waals surface area contributed by atoms with Crippen LogP contribution in [-0.2, 0) is 11.2 Å². The maximum absolute atomic E-state index is 11.4. The van der Waals surface area contributed by atoms with Gasteiger partial charge in [0.1, 0.15) is 0 Å². The molecule has 6 nitrogen and oxygen atoms in total. The molecule has 0 aliphatic rings. The van der Waals surface area contributed by atoms with Gasteiger partial charge < -0.3 is 15.7 Å². The number of amides is 2. The van der Waals surface area contributed by atoms with Crippen molar-refractivity contribution < 1.29 is 14.7 Å². The van der Waals surface area contributed by atoms with Crippen LogP contribution in [0.5, 0.6) is 0 Å². The second kappa shape index (κ2) is 6.25. The molecule has 0 aliphatic carbocycles. The number of nitrogens with zero attached hydrogens (tertiary/aromatic N) is 1. The van der Waals surface area contributed by atoms with Crippen molar-refractivity contribution in [2.24, 2.45) is 0 Å². The van der Waals surface area contributed by atoms with Gasteiger partial charge in [-0.1, -0.05) is 5.92 Å². The molecule has 1 heterocycles. The lowest BCUT2D eigenvalue weighted by Gasteiger charge is -2.09. The Bertz CT molecular complexity index is 476. The summed E-state index contributed by atoms with van der Waals surface area (Å²) in [4.78, 5) is 25.8. The van der Waals surface area contributed by atoms with Crippen molar-refractivity contribution in [3.63, 3.8) is 0 Å². The maximum atomic E-state index is 11.4. The van der Waals surface area contributed by atoms with Gasteiger partial charge in [0, 0.05) is 0 Å². The molecule has 2 amide bonds. The SMILES string of the molecule is C#CC(C)NC(=O)Nc1ccc(CC(=O)O)nc1. The zero-order valence-corrected chi connectivity index (χ0v) is 9.80. The van der Waals surface area contributed by atoms with Crippen molar-refractivity contribution in [2.75, 3.05) is 5.32 Å². The minimum Gasteiger partial charge on any atom is -0.481 e. The van der Waals surface area contributed by atoms with Gasteiger partial charge in [0.2, 0.25) is 0 Å². The Balaban J connectivity index is 2.56. The van der Waals surface area contributed by atoms with Crippen LogP contribution in [-0.4, -0.2) is 28.1 Å². The minimum atomic E-state index is -0.955. The molecule has 6 heteroatoms. The van der Waals surface area contributed by atoms with E-state index in [4.69, 9.17) is 11.5 Å². The number of terminal acetylenes is 1. The first-order chi connectivity index (χ1) is 8.51. The highest BCUT2D eigenvalue weighted by Crippen LogP contribution is 2.06. The molecule has 0 bridgehead atoms. The molecular weight excluding hydrogens is 234 g/mol. The summed E-state index contributed by atoms with van der Waals surface area (Å²) in [5.41, 5.74) is 0.885. The number of carboxylic acids is 1. The van der Waals surface area contributed by atoms with Crippen molar-refractivity contribution in [1.82, 2.24) is 10.3 Å². The standard InChI is InChI=1S/C12H13N3O3/c1-3-8(2)14-12(18)15-10-5-4-9(13-7-10)6-11(16)17/h1,4-5,7-8H,6H2,2H3,(H,16,17)(H2,14,15,18). The molecule has 1 aromatic heterocycles. The highest BCUT2D eigenvalue weighted by Gasteiger charge is 2.06. The largest absolute Gasteiger partial charge is 0.481 e. The Labute approximate surface area is 104 Å². The molecule has 0 fully saturated rings. The Morgan fingerprint density at radius 2 is 2.28 bits per heavy atom. The zero-order valence-electron chi connectivity index (χ0n) is 9.80. The molecule has 0 radical (unpaired) electrons. The van der Waals surface area contributed by atoms with Crippen LogP contribution in [0.25, 0.3) is 0 Å². The van der Waals surface area contributed by atoms with Crippen molar-refractivity contribution in [1.29, 1.82) is 0 Å². The van der Waals surface area contributed by atoms with E-state index in [2.05, 4.69) is 21.5 Å². The van der Waals surface area contributed by atoms with Crippen LogP contribution in [0, 0.1) is 12.3 Å². The summed E-state index contributed by atoms with van der Waals surface area (Å²) in [6.07, 6.45) is 6.35. The number of carboxylic acid groups (broad SMARTS) is 1. The molecule has 0 saturated heterocycles. The van der Waals surface area contributed by atoms with E-state index >= 15 is 0 Å². The van der Waals surface area contributed by atoms with Crippen molar-refractivity contribution in [2.45, 2.75) is 19.4 Å². The van der Waals surface area contributed by atoms with E-state index in [0.29, 0.717) is 11.4 Å². The van der Waals surface area contributed by atoms with Gasteiger partial charge in [-0.05, 0) is 19.1 Å². The topological polar surface area (TPSA) is 91.3 Å². The smallest absolute Gasteiger partial charge is 0.320 e.